The molecule has 9 heteroatoms. The zero-order chi connectivity index (χ0) is 17.7. The SMILES string of the molecule is CNC(=O)Nc1ccc(Oc2ccc(SC(F)(F)F)cc2)c(Br)c1. The number of rotatable bonds is 4. The van der Waals surface area contributed by atoms with E-state index in [1.54, 1.807) is 18.2 Å². The fraction of sp³-hybridized carbons (Fsp3) is 0.133. The Labute approximate surface area is 148 Å². The molecule has 0 aliphatic rings. The monoisotopic (exact) mass is 420 g/mol. The number of benzene rings is 2. The minimum atomic E-state index is -4.32. The standard InChI is InChI=1S/C15H12BrF3N2O2S/c1-20-14(22)21-9-2-7-13(12(16)8-9)23-10-3-5-11(6-4-10)24-15(17,18)19/h2-8H,1H3,(H2,20,21,22). The highest BCUT2D eigenvalue weighted by Gasteiger charge is 2.29. The number of nitrogens with one attached hydrogen (secondary N) is 2. The van der Waals surface area contributed by atoms with Gasteiger partial charge in [0.25, 0.3) is 0 Å². The van der Waals surface area contributed by atoms with Crippen molar-refractivity contribution in [1.82, 2.24) is 5.32 Å². The normalized spacial score (nSPS) is 11.0. The number of alkyl halides is 3. The quantitative estimate of drug-likeness (QED) is 0.632. The first-order chi connectivity index (χ1) is 11.3. The average Bonchev–Trinajstić information content (AvgIpc) is 2.50. The van der Waals surface area contributed by atoms with Crippen molar-refractivity contribution in [2.45, 2.75) is 10.4 Å². The molecule has 0 unspecified atom stereocenters. The van der Waals surface area contributed by atoms with Gasteiger partial charge in [0, 0.05) is 17.6 Å². The van der Waals surface area contributed by atoms with Gasteiger partial charge in [-0.1, -0.05) is 0 Å². The van der Waals surface area contributed by atoms with E-state index < -0.39 is 5.51 Å². The maximum Gasteiger partial charge on any atom is 0.446 e. The Kier molecular flexibility index (Phi) is 6.00. The van der Waals surface area contributed by atoms with E-state index in [2.05, 4.69) is 26.6 Å². The first kappa shape index (κ1) is 18.5. The Morgan fingerprint density at radius 1 is 1.17 bits per heavy atom. The maximum atomic E-state index is 12.3. The zero-order valence-corrected chi connectivity index (χ0v) is 14.7. The molecule has 0 heterocycles. The lowest BCUT2D eigenvalue weighted by Gasteiger charge is -2.11. The summed E-state index contributed by atoms with van der Waals surface area (Å²) in [4.78, 5) is 11.3. The Morgan fingerprint density at radius 2 is 1.83 bits per heavy atom. The summed E-state index contributed by atoms with van der Waals surface area (Å²) in [6, 6.07) is 10.2. The molecule has 0 atom stereocenters. The Balaban J connectivity index is 2.06. The Bertz CT molecular complexity index is 724. The van der Waals surface area contributed by atoms with Gasteiger partial charge in [-0.2, -0.15) is 13.2 Å². The van der Waals surface area contributed by atoms with Crippen LogP contribution in [0.1, 0.15) is 0 Å². The molecular weight excluding hydrogens is 409 g/mol. The molecular formula is C15H12BrF3N2O2S. The number of thioether (sulfide) groups is 1. The number of amides is 2. The van der Waals surface area contributed by atoms with Crippen molar-refractivity contribution < 1.29 is 22.7 Å². The van der Waals surface area contributed by atoms with Gasteiger partial charge in [0.05, 0.1) is 4.47 Å². The maximum absolute atomic E-state index is 12.3. The van der Waals surface area contributed by atoms with E-state index in [4.69, 9.17) is 4.74 Å². The van der Waals surface area contributed by atoms with E-state index in [0.717, 1.165) is 0 Å². The molecule has 0 spiro atoms. The second-order valence-corrected chi connectivity index (χ2v) is 6.46. The third-order valence-electron chi connectivity index (χ3n) is 2.70. The van der Waals surface area contributed by atoms with Gasteiger partial charge in [-0.15, -0.1) is 0 Å². The topological polar surface area (TPSA) is 50.4 Å². The van der Waals surface area contributed by atoms with Crippen LogP contribution >= 0.6 is 27.7 Å². The summed E-state index contributed by atoms with van der Waals surface area (Å²) >= 11 is 3.14. The van der Waals surface area contributed by atoms with Crippen LogP contribution in [-0.2, 0) is 0 Å². The number of hydrogen-bond acceptors (Lipinski definition) is 3. The molecule has 0 aliphatic heterocycles. The molecule has 0 bridgehead atoms. The van der Waals surface area contributed by atoms with Gasteiger partial charge in [-0.05, 0) is 70.2 Å². The van der Waals surface area contributed by atoms with Crippen LogP contribution in [0, 0.1) is 0 Å². The van der Waals surface area contributed by atoms with Gasteiger partial charge in [-0.3, -0.25) is 0 Å². The Morgan fingerprint density at radius 3 is 2.38 bits per heavy atom. The molecule has 0 radical (unpaired) electrons. The molecule has 0 saturated heterocycles. The average molecular weight is 421 g/mol. The van der Waals surface area contributed by atoms with E-state index in [0.29, 0.717) is 21.7 Å². The van der Waals surface area contributed by atoms with Crippen LogP contribution in [0.25, 0.3) is 0 Å². The molecule has 0 aliphatic carbocycles. The van der Waals surface area contributed by atoms with Crippen LogP contribution in [-0.4, -0.2) is 18.6 Å². The van der Waals surface area contributed by atoms with Crippen LogP contribution in [0.4, 0.5) is 23.7 Å². The summed E-state index contributed by atoms with van der Waals surface area (Å²) < 4.78 is 43.1. The number of ether oxygens (including phenoxy) is 1. The number of hydrogen-bond donors (Lipinski definition) is 2. The number of anilines is 1. The van der Waals surface area contributed by atoms with Gasteiger partial charge in [0.1, 0.15) is 11.5 Å². The van der Waals surface area contributed by atoms with Crippen molar-refractivity contribution in [2.75, 3.05) is 12.4 Å². The van der Waals surface area contributed by atoms with E-state index >= 15 is 0 Å². The molecule has 0 fully saturated rings. The fourth-order valence-corrected chi connectivity index (χ4v) is 2.69. The Hall–Kier alpha value is -1.87. The van der Waals surface area contributed by atoms with Gasteiger partial charge >= 0.3 is 11.5 Å². The summed E-state index contributed by atoms with van der Waals surface area (Å²) in [6.07, 6.45) is 0. The van der Waals surface area contributed by atoms with Crippen LogP contribution in [0.15, 0.2) is 51.8 Å². The predicted octanol–water partition coefficient (Wildman–Crippen LogP) is 5.60. The predicted molar refractivity (Wildman–Crippen MR) is 90.6 cm³/mol. The van der Waals surface area contributed by atoms with Gasteiger partial charge in [0.2, 0.25) is 0 Å². The summed E-state index contributed by atoms with van der Waals surface area (Å²) in [5.41, 5.74) is -3.76. The van der Waals surface area contributed by atoms with Crippen molar-refractivity contribution in [3.8, 4) is 11.5 Å². The summed E-state index contributed by atoms with van der Waals surface area (Å²) in [5.74, 6) is 0.864. The van der Waals surface area contributed by atoms with Crippen LogP contribution in [0.3, 0.4) is 0 Å². The van der Waals surface area contributed by atoms with Gasteiger partial charge in [-0.25, -0.2) is 4.79 Å². The molecule has 24 heavy (non-hydrogen) atoms. The molecule has 2 N–H and O–H groups in total. The molecule has 128 valence electrons. The van der Waals surface area contributed by atoms with Crippen molar-refractivity contribution in [2.24, 2.45) is 0 Å². The lowest BCUT2D eigenvalue weighted by atomic mass is 10.3. The molecule has 4 nitrogen and oxygen atoms in total. The fourth-order valence-electron chi connectivity index (χ4n) is 1.69. The van der Waals surface area contributed by atoms with Crippen LogP contribution in [0.2, 0.25) is 0 Å². The second kappa shape index (κ2) is 7.80. The third-order valence-corrected chi connectivity index (χ3v) is 4.06. The zero-order valence-electron chi connectivity index (χ0n) is 12.3. The van der Waals surface area contributed by atoms with Crippen LogP contribution in [0.5, 0.6) is 11.5 Å². The van der Waals surface area contributed by atoms with Crippen LogP contribution < -0.4 is 15.4 Å². The molecule has 0 saturated carbocycles. The van der Waals surface area contributed by atoms with Gasteiger partial charge < -0.3 is 15.4 Å². The highest BCUT2D eigenvalue weighted by molar-refractivity contribution is 9.10. The van der Waals surface area contributed by atoms with E-state index in [9.17, 15) is 18.0 Å². The van der Waals surface area contributed by atoms with E-state index in [1.807, 2.05) is 0 Å². The first-order valence-electron chi connectivity index (χ1n) is 6.59. The number of urea groups is 1. The second-order valence-electron chi connectivity index (χ2n) is 4.47. The van der Waals surface area contributed by atoms with E-state index in [-0.39, 0.29) is 22.7 Å². The van der Waals surface area contributed by atoms with Crippen molar-refractivity contribution in [1.29, 1.82) is 0 Å². The highest BCUT2D eigenvalue weighted by atomic mass is 79.9. The summed E-state index contributed by atoms with van der Waals surface area (Å²) in [5, 5.41) is 5.04. The molecule has 2 aromatic rings. The first-order valence-corrected chi connectivity index (χ1v) is 8.20. The minimum absolute atomic E-state index is 0.0824. The molecule has 0 aromatic heterocycles. The number of halogens is 4. The lowest BCUT2D eigenvalue weighted by Crippen LogP contribution is -2.24. The molecule has 2 amide bonds. The summed E-state index contributed by atoms with van der Waals surface area (Å²) in [6.45, 7) is 0. The third kappa shape index (κ3) is 5.64. The van der Waals surface area contributed by atoms with Crippen molar-refractivity contribution in [3.63, 3.8) is 0 Å². The lowest BCUT2D eigenvalue weighted by molar-refractivity contribution is -0.0328. The van der Waals surface area contributed by atoms with Gasteiger partial charge in [0.15, 0.2) is 0 Å². The largest absolute Gasteiger partial charge is 0.456 e. The molecule has 2 aromatic carbocycles. The number of carbonyl (C=O) groups excluding carboxylic acids is 1. The highest BCUT2D eigenvalue weighted by Crippen LogP contribution is 2.38. The minimum Gasteiger partial charge on any atom is -0.456 e. The smallest absolute Gasteiger partial charge is 0.446 e. The number of carbonyl (C=O) groups is 1. The van der Waals surface area contributed by atoms with Crippen molar-refractivity contribution >= 4 is 39.4 Å². The van der Waals surface area contributed by atoms with E-state index in [1.165, 1.54) is 31.3 Å². The molecule has 2 rings (SSSR count). The van der Waals surface area contributed by atoms with Crippen molar-refractivity contribution in [3.05, 3.63) is 46.9 Å². The summed E-state index contributed by atoms with van der Waals surface area (Å²) in [7, 11) is 1.50.